The highest BCUT2D eigenvalue weighted by Crippen LogP contribution is 2.34. The van der Waals surface area contributed by atoms with Crippen LogP contribution >= 0.6 is 0 Å². The number of carbonyl (C=O) groups excluding carboxylic acids is 2. The van der Waals surface area contributed by atoms with Crippen LogP contribution in [0.3, 0.4) is 0 Å². The Hall–Kier alpha value is -3.84. The van der Waals surface area contributed by atoms with Crippen LogP contribution in [0.15, 0.2) is 60.7 Å². The molecule has 7 heteroatoms. The van der Waals surface area contributed by atoms with E-state index in [2.05, 4.69) is 5.32 Å². The van der Waals surface area contributed by atoms with Crippen LogP contribution in [0.5, 0.6) is 0 Å². The lowest BCUT2D eigenvalue weighted by molar-refractivity contribution is 0.0998. The average molecular weight is 403 g/mol. The van der Waals surface area contributed by atoms with Crippen LogP contribution < -0.4 is 27.4 Å². The molecule has 3 aromatic rings. The van der Waals surface area contributed by atoms with Crippen molar-refractivity contribution in [3.63, 3.8) is 0 Å². The van der Waals surface area contributed by atoms with Crippen molar-refractivity contribution < 1.29 is 9.59 Å². The average Bonchev–Trinajstić information content (AvgIpc) is 2.73. The number of carbonyl (C=O) groups is 2. The maximum atomic E-state index is 12.8. The van der Waals surface area contributed by atoms with E-state index < -0.39 is 5.91 Å². The second kappa shape index (κ2) is 8.67. The number of rotatable bonds is 6. The highest BCUT2D eigenvalue weighted by molar-refractivity contribution is 6.06. The summed E-state index contributed by atoms with van der Waals surface area (Å²) < 4.78 is 0. The van der Waals surface area contributed by atoms with Crippen molar-refractivity contribution in [1.82, 2.24) is 0 Å². The molecule has 3 rings (SSSR count). The molecular formula is C23H25N5O2. The number of hydrogen-bond donors (Lipinski definition) is 4. The van der Waals surface area contributed by atoms with E-state index in [0.29, 0.717) is 33.6 Å². The largest absolute Gasteiger partial charge is 0.398 e. The Kier molecular flexibility index (Phi) is 6.03. The van der Waals surface area contributed by atoms with Gasteiger partial charge in [-0.3, -0.25) is 9.59 Å². The summed E-state index contributed by atoms with van der Waals surface area (Å²) in [4.78, 5) is 26.6. The normalized spacial score (nSPS) is 10.5. The summed E-state index contributed by atoms with van der Waals surface area (Å²) in [6.07, 6.45) is 0. The van der Waals surface area contributed by atoms with Gasteiger partial charge in [-0.2, -0.15) is 0 Å². The molecule has 0 spiro atoms. The minimum atomic E-state index is -0.588. The molecule has 0 atom stereocenters. The first-order valence-electron chi connectivity index (χ1n) is 9.42. The molecule has 0 fully saturated rings. The van der Waals surface area contributed by atoms with E-state index >= 15 is 0 Å². The molecular weight excluding hydrogens is 378 g/mol. The van der Waals surface area contributed by atoms with Gasteiger partial charge in [0, 0.05) is 54.4 Å². The first-order chi connectivity index (χ1) is 14.3. The molecule has 0 aliphatic rings. The third-order valence-electron chi connectivity index (χ3n) is 4.84. The predicted octanol–water partition coefficient (Wildman–Crippen LogP) is 2.81. The first kappa shape index (κ1) is 20.9. The maximum absolute atomic E-state index is 12.8. The van der Waals surface area contributed by atoms with Crippen molar-refractivity contribution in [2.24, 2.45) is 11.5 Å². The van der Waals surface area contributed by atoms with Crippen LogP contribution in [-0.4, -0.2) is 25.9 Å². The van der Waals surface area contributed by atoms with Crippen LogP contribution in [-0.2, 0) is 6.54 Å². The fraction of sp³-hybridized carbons (Fsp3) is 0.130. The number of nitrogen functional groups attached to an aromatic ring is 1. The van der Waals surface area contributed by atoms with Gasteiger partial charge in [0.2, 0.25) is 5.91 Å². The van der Waals surface area contributed by atoms with Gasteiger partial charge < -0.3 is 27.4 Å². The van der Waals surface area contributed by atoms with E-state index in [9.17, 15) is 9.59 Å². The summed E-state index contributed by atoms with van der Waals surface area (Å²) in [5.41, 5.74) is 22.3. The lowest BCUT2D eigenvalue weighted by Gasteiger charge is -2.16. The maximum Gasteiger partial charge on any atom is 0.255 e. The minimum absolute atomic E-state index is 0.237. The molecule has 0 aliphatic heterocycles. The molecule has 0 heterocycles. The first-order valence-corrected chi connectivity index (χ1v) is 9.42. The van der Waals surface area contributed by atoms with E-state index in [0.717, 1.165) is 11.3 Å². The minimum Gasteiger partial charge on any atom is -0.398 e. The number of hydrogen-bond acceptors (Lipinski definition) is 5. The van der Waals surface area contributed by atoms with E-state index in [1.807, 2.05) is 37.2 Å². The molecule has 7 nitrogen and oxygen atoms in total. The fourth-order valence-electron chi connectivity index (χ4n) is 3.27. The van der Waals surface area contributed by atoms with Gasteiger partial charge in [-0.15, -0.1) is 0 Å². The van der Waals surface area contributed by atoms with Crippen molar-refractivity contribution in [3.8, 4) is 11.1 Å². The zero-order valence-corrected chi connectivity index (χ0v) is 17.0. The lowest BCUT2D eigenvalue weighted by atomic mass is 9.93. The monoisotopic (exact) mass is 403 g/mol. The molecule has 0 unspecified atom stereocenters. The number of benzene rings is 3. The summed E-state index contributed by atoms with van der Waals surface area (Å²) in [5, 5.41) is 2.90. The Morgan fingerprint density at radius 1 is 1.00 bits per heavy atom. The van der Waals surface area contributed by atoms with Gasteiger partial charge in [-0.25, -0.2) is 0 Å². The molecule has 2 amide bonds. The summed E-state index contributed by atoms with van der Waals surface area (Å²) in [6, 6.07) is 17.6. The SMILES string of the molecule is CN(C)c1cccc(C(=O)Nc2ccc(CN)c(-c3c(N)cccc3C(N)=O)c2)c1. The van der Waals surface area contributed by atoms with Crippen LogP contribution in [0, 0.1) is 0 Å². The molecule has 0 aromatic heterocycles. The van der Waals surface area contributed by atoms with Gasteiger partial charge in [-0.1, -0.05) is 18.2 Å². The topological polar surface area (TPSA) is 127 Å². The molecule has 0 bridgehead atoms. The van der Waals surface area contributed by atoms with Gasteiger partial charge >= 0.3 is 0 Å². The molecule has 0 radical (unpaired) electrons. The standard InChI is InChI=1S/C23H25N5O2/c1-28(2)17-6-3-5-14(11-17)23(30)27-16-10-9-15(13-24)19(12-16)21-18(22(26)29)7-4-8-20(21)25/h3-12H,13,24-25H2,1-2H3,(H2,26,29)(H,27,30). The number of anilines is 3. The second-order valence-electron chi connectivity index (χ2n) is 7.11. The Morgan fingerprint density at radius 3 is 2.40 bits per heavy atom. The van der Waals surface area contributed by atoms with Crippen LogP contribution in [0.1, 0.15) is 26.3 Å². The van der Waals surface area contributed by atoms with E-state index in [4.69, 9.17) is 17.2 Å². The fourth-order valence-corrected chi connectivity index (χ4v) is 3.27. The summed E-state index contributed by atoms with van der Waals surface area (Å²) in [5.74, 6) is -0.837. The van der Waals surface area contributed by atoms with Crippen molar-refractivity contribution in [1.29, 1.82) is 0 Å². The van der Waals surface area contributed by atoms with E-state index in [-0.39, 0.29) is 12.5 Å². The molecule has 0 saturated heterocycles. The number of nitrogens with two attached hydrogens (primary N) is 3. The third kappa shape index (κ3) is 4.26. The number of nitrogens with one attached hydrogen (secondary N) is 1. The highest BCUT2D eigenvalue weighted by atomic mass is 16.2. The zero-order valence-electron chi connectivity index (χ0n) is 17.0. The molecule has 7 N–H and O–H groups in total. The van der Waals surface area contributed by atoms with E-state index in [1.54, 1.807) is 42.5 Å². The highest BCUT2D eigenvalue weighted by Gasteiger charge is 2.17. The number of amides is 2. The molecule has 154 valence electrons. The van der Waals surface area contributed by atoms with Crippen LogP contribution in [0.25, 0.3) is 11.1 Å². The van der Waals surface area contributed by atoms with Crippen molar-refractivity contribution in [2.45, 2.75) is 6.54 Å². The van der Waals surface area contributed by atoms with E-state index in [1.165, 1.54) is 0 Å². The van der Waals surface area contributed by atoms with Gasteiger partial charge in [0.1, 0.15) is 0 Å². The van der Waals surface area contributed by atoms with Gasteiger partial charge in [-0.05, 0) is 53.6 Å². The second-order valence-corrected chi connectivity index (χ2v) is 7.11. The number of nitrogens with zero attached hydrogens (tertiary/aromatic N) is 1. The quantitative estimate of drug-likeness (QED) is 0.471. The van der Waals surface area contributed by atoms with Crippen molar-refractivity contribution >= 4 is 28.9 Å². The zero-order chi connectivity index (χ0) is 21.8. The van der Waals surface area contributed by atoms with Gasteiger partial charge in [0.05, 0.1) is 0 Å². The lowest BCUT2D eigenvalue weighted by Crippen LogP contribution is -2.15. The Labute approximate surface area is 175 Å². The molecule has 3 aromatic carbocycles. The predicted molar refractivity (Wildman–Crippen MR) is 121 cm³/mol. The van der Waals surface area contributed by atoms with Crippen molar-refractivity contribution in [2.75, 3.05) is 30.0 Å². The Morgan fingerprint density at radius 2 is 1.73 bits per heavy atom. The molecule has 0 aliphatic carbocycles. The Balaban J connectivity index is 2.01. The van der Waals surface area contributed by atoms with Gasteiger partial charge in [0.25, 0.3) is 5.91 Å². The number of primary amides is 1. The van der Waals surface area contributed by atoms with Gasteiger partial charge in [0.15, 0.2) is 0 Å². The summed E-state index contributed by atoms with van der Waals surface area (Å²) >= 11 is 0. The summed E-state index contributed by atoms with van der Waals surface area (Å²) in [6.45, 7) is 0.237. The van der Waals surface area contributed by atoms with Crippen LogP contribution in [0.4, 0.5) is 17.1 Å². The summed E-state index contributed by atoms with van der Waals surface area (Å²) in [7, 11) is 3.82. The Bertz CT molecular complexity index is 1110. The smallest absolute Gasteiger partial charge is 0.255 e. The van der Waals surface area contributed by atoms with Crippen molar-refractivity contribution in [3.05, 3.63) is 77.4 Å². The third-order valence-corrected chi connectivity index (χ3v) is 4.84. The molecule has 0 saturated carbocycles. The molecule has 30 heavy (non-hydrogen) atoms. The van der Waals surface area contributed by atoms with Crippen LogP contribution in [0.2, 0.25) is 0 Å².